The summed E-state index contributed by atoms with van der Waals surface area (Å²) in [5, 5.41) is 18.3. The quantitative estimate of drug-likeness (QED) is 0.279. The highest BCUT2D eigenvalue weighted by Crippen LogP contribution is 2.19. The Morgan fingerprint density at radius 3 is 2.25 bits per heavy atom. The van der Waals surface area contributed by atoms with E-state index in [0.29, 0.717) is 11.5 Å². The van der Waals surface area contributed by atoms with E-state index in [9.17, 15) is 10.1 Å². The Morgan fingerprint density at radius 1 is 1.05 bits per heavy atom. The first-order valence-corrected chi connectivity index (χ1v) is 5.89. The van der Waals surface area contributed by atoms with Gasteiger partial charge in [0.25, 0.3) is 5.69 Å². The van der Waals surface area contributed by atoms with Crippen LogP contribution in [0, 0.1) is 10.1 Å². The lowest BCUT2D eigenvalue weighted by Crippen LogP contribution is -1.95. The molecule has 0 unspecified atom stereocenters. The highest BCUT2D eigenvalue weighted by Gasteiger charge is 2.05. The fraction of sp³-hybridized carbons (Fsp3) is 0.0714. The zero-order valence-corrected chi connectivity index (χ0v) is 10.8. The zero-order valence-electron chi connectivity index (χ0n) is 10.8. The van der Waals surface area contributed by atoms with E-state index in [1.807, 2.05) is 30.3 Å². The monoisotopic (exact) mass is 268 g/mol. The van der Waals surface area contributed by atoms with Gasteiger partial charge in [-0.15, -0.1) is 5.11 Å². The summed E-state index contributed by atoms with van der Waals surface area (Å²) in [6, 6.07) is 15.4. The van der Waals surface area contributed by atoms with Crippen molar-refractivity contribution in [2.24, 2.45) is 15.2 Å². The second kappa shape index (κ2) is 6.33. The Bertz CT molecular complexity index is 649. The summed E-state index contributed by atoms with van der Waals surface area (Å²) in [5.74, 6) is 0.460. The number of aliphatic imine (C=N–C) groups is 1. The van der Waals surface area contributed by atoms with Crippen molar-refractivity contribution in [2.75, 3.05) is 7.05 Å². The number of nitro benzene ring substituents is 1. The molecule has 0 aliphatic carbocycles. The first kappa shape index (κ1) is 13.5. The molecule has 0 atom stereocenters. The zero-order chi connectivity index (χ0) is 14.4. The lowest BCUT2D eigenvalue weighted by atomic mass is 10.2. The third-order valence-electron chi connectivity index (χ3n) is 2.52. The molecule has 100 valence electrons. The second-order valence-corrected chi connectivity index (χ2v) is 3.87. The minimum atomic E-state index is -0.447. The van der Waals surface area contributed by atoms with Gasteiger partial charge in [-0.05, 0) is 12.1 Å². The predicted molar refractivity (Wildman–Crippen MR) is 76.5 cm³/mol. The van der Waals surface area contributed by atoms with Crippen molar-refractivity contribution in [1.82, 2.24) is 0 Å². The van der Waals surface area contributed by atoms with Crippen molar-refractivity contribution < 1.29 is 4.92 Å². The number of non-ortho nitro benzene ring substituents is 1. The van der Waals surface area contributed by atoms with E-state index in [0.717, 1.165) is 5.56 Å². The molecular formula is C14H12N4O2. The average Bonchev–Trinajstić information content (AvgIpc) is 2.48. The number of amidine groups is 1. The van der Waals surface area contributed by atoms with Crippen LogP contribution in [-0.4, -0.2) is 17.8 Å². The Labute approximate surface area is 115 Å². The van der Waals surface area contributed by atoms with Gasteiger partial charge in [0, 0.05) is 24.7 Å². The topological polar surface area (TPSA) is 80.2 Å². The van der Waals surface area contributed by atoms with E-state index in [-0.39, 0.29) is 5.69 Å². The summed E-state index contributed by atoms with van der Waals surface area (Å²) in [4.78, 5) is 14.5. The van der Waals surface area contributed by atoms with Crippen LogP contribution in [0.4, 0.5) is 11.4 Å². The first-order chi connectivity index (χ1) is 9.70. The highest BCUT2D eigenvalue weighted by atomic mass is 16.6. The van der Waals surface area contributed by atoms with E-state index in [1.165, 1.54) is 12.1 Å². The molecule has 0 aliphatic rings. The van der Waals surface area contributed by atoms with Gasteiger partial charge in [0.05, 0.1) is 10.6 Å². The van der Waals surface area contributed by atoms with Crippen LogP contribution in [0.2, 0.25) is 0 Å². The molecule has 0 spiro atoms. The molecule has 0 saturated carbocycles. The number of nitro groups is 1. The molecule has 0 heterocycles. The maximum Gasteiger partial charge on any atom is 0.269 e. The van der Waals surface area contributed by atoms with Crippen molar-refractivity contribution in [2.45, 2.75) is 0 Å². The van der Waals surface area contributed by atoms with Crippen LogP contribution < -0.4 is 0 Å². The molecule has 0 N–H and O–H groups in total. The van der Waals surface area contributed by atoms with Gasteiger partial charge >= 0.3 is 0 Å². The molecule has 0 aliphatic heterocycles. The van der Waals surface area contributed by atoms with E-state index in [4.69, 9.17) is 0 Å². The smallest absolute Gasteiger partial charge is 0.258 e. The van der Waals surface area contributed by atoms with Crippen LogP contribution in [0.25, 0.3) is 0 Å². The highest BCUT2D eigenvalue weighted by molar-refractivity contribution is 6.00. The van der Waals surface area contributed by atoms with Crippen molar-refractivity contribution in [3.8, 4) is 0 Å². The van der Waals surface area contributed by atoms with Crippen LogP contribution >= 0.6 is 0 Å². The maximum absolute atomic E-state index is 10.6. The summed E-state index contributed by atoms with van der Waals surface area (Å²) in [7, 11) is 1.56. The summed E-state index contributed by atoms with van der Waals surface area (Å²) in [6.07, 6.45) is 0. The second-order valence-electron chi connectivity index (χ2n) is 3.87. The van der Waals surface area contributed by atoms with Crippen molar-refractivity contribution >= 4 is 17.2 Å². The Kier molecular flexibility index (Phi) is 4.28. The van der Waals surface area contributed by atoms with Crippen LogP contribution in [0.5, 0.6) is 0 Å². The van der Waals surface area contributed by atoms with Gasteiger partial charge in [-0.1, -0.05) is 30.3 Å². The van der Waals surface area contributed by atoms with E-state index >= 15 is 0 Å². The third kappa shape index (κ3) is 3.32. The van der Waals surface area contributed by atoms with Crippen molar-refractivity contribution in [3.63, 3.8) is 0 Å². The van der Waals surface area contributed by atoms with E-state index in [1.54, 1.807) is 19.2 Å². The predicted octanol–water partition coefficient (Wildman–Crippen LogP) is 3.76. The van der Waals surface area contributed by atoms with Gasteiger partial charge in [0.15, 0.2) is 5.84 Å². The first-order valence-electron chi connectivity index (χ1n) is 5.89. The number of azo groups is 1. The van der Waals surface area contributed by atoms with Gasteiger partial charge in [-0.3, -0.25) is 10.1 Å². The number of nitrogens with zero attached hydrogens (tertiary/aromatic N) is 4. The number of rotatable bonds is 3. The lowest BCUT2D eigenvalue weighted by Gasteiger charge is -2.00. The van der Waals surface area contributed by atoms with Gasteiger partial charge < -0.3 is 0 Å². The summed E-state index contributed by atoms with van der Waals surface area (Å²) >= 11 is 0. The maximum atomic E-state index is 10.6. The minimum absolute atomic E-state index is 0.0299. The summed E-state index contributed by atoms with van der Waals surface area (Å²) < 4.78 is 0. The molecular weight excluding hydrogens is 256 g/mol. The van der Waals surface area contributed by atoms with Crippen LogP contribution in [0.15, 0.2) is 69.8 Å². The summed E-state index contributed by atoms with van der Waals surface area (Å²) in [6.45, 7) is 0. The molecule has 2 aromatic rings. The SMILES string of the molecule is C/N=N/C(=N\c1ccc([N+](=O)[O-])cc1)c1ccccc1. The molecule has 0 aromatic heterocycles. The molecule has 6 nitrogen and oxygen atoms in total. The standard InChI is InChI=1S/C14H12N4O2/c1-15-17-14(11-5-3-2-4-6-11)16-12-7-9-13(10-8-12)18(19)20/h2-10H,1H3/b16-14-,17-15+. The van der Waals surface area contributed by atoms with Crippen LogP contribution in [-0.2, 0) is 0 Å². The molecule has 2 rings (SSSR count). The van der Waals surface area contributed by atoms with Crippen LogP contribution in [0.3, 0.4) is 0 Å². The lowest BCUT2D eigenvalue weighted by molar-refractivity contribution is -0.384. The van der Waals surface area contributed by atoms with Crippen molar-refractivity contribution in [1.29, 1.82) is 0 Å². The third-order valence-corrected chi connectivity index (χ3v) is 2.52. The molecule has 0 saturated heterocycles. The largest absolute Gasteiger partial charge is 0.269 e. The van der Waals surface area contributed by atoms with Gasteiger partial charge in [0.1, 0.15) is 0 Å². The summed E-state index contributed by atoms with van der Waals surface area (Å²) in [5.41, 5.74) is 1.45. The molecule has 0 radical (unpaired) electrons. The Hall–Kier alpha value is -2.89. The fourth-order valence-corrected chi connectivity index (χ4v) is 1.60. The number of hydrogen-bond donors (Lipinski definition) is 0. The van der Waals surface area contributed by atoms with Gasteiger partial charge in [-0.2, -0.15) is 5.11 Å². The molecule has 0 amide bonds. The van der Waals surface area contributed by atoms with Gasteiger partial charge in [0.2, 0.25) is 0 Å². The minimum Gasteiger partial charge on any atom is -0.258 e. The van der Waals surface area contributed by atoms with E-state index < -0.39 is 4.92 Å². The van der Waals surface area contributed by atoms with Crippen LogP contribution in [0.1, 0.15) is 5.56 Å². The molecule has 20 heavy (non-hydrogen) atoms. The van der Waals surface area contributed by atoms with Crippen molar-refractivity contribution in [3.05, 3.63) is 70.3 Å². The molecule has 2 aromatic carbocycles. The fourth-order valence-electron chi connectivity index (χ4n) is 1.60. The molecule has 0 bridgehead atoms. The van der Waals surface area contributed by atoms with E-state index in [2.05, 4.69) is 15.2 Å². The normalized spacial score (nSPS) is 11.8. The van der Waals surface area contributed by atoms with Gasteiger partial charge in [-0.25, -0.2) is 4.99 Å². The molecule has 0 fully saturated rings. The number of hydrogen-bond acceptors (Lipinski definition) is 4. The Morgan fingerprint density at radius 2 is 1.70 bits per heavy atom. The number of benzene rings is 2. The molecule has 6 heteroatoms. The average molecular weight is 268 g/mol. The Balaban J connectivity index is 2.36.